The minimum Gasteiger partial charge on any atom is -0.449 e. The Morgan fingerprint density at radius 3 is 2.75 bits per heavy atom. The summed E-state index contributed by atoms with van der Waals surface area (Å²) in [4.78, 5) is 0. The predicted octanol–water partition coefficient (Wildman–Crippen LogP) is -2.05. The molecule has 0 heterocycles. The Kier molecular flexibility index (Phi) is 7.60. The van der Waals surface area contributed by atoms with Gasteiger partial charge in [0.25, 0.3) is 10.0 Å². The van der Waals surface area contributed by atoms with Gasteiger partial charge in [-0.2, -0.15) is 0 Å². The summed E-state index contributed by atoms with van der Waals surface area (Å²) < 4.78 is 14.7. The molecule has 0 spiro atoms. The van der Waals surface area contributed by atoms with Crippen molar-refractivity contribution in [1.82, 2.24) is 0 Å². The zero-order valence-electron chi connectivity index (χ0n) is 5.35. The predicted molar refractivity (Wildman–Crippen MR) is 37.4 cm³/mol. The zero-order valence-corrected chi connectivity index (χ0v) is 8.76. The highest BCUT2D eigenvalue weighted by molar-refractivity contribution is 6.27. The van der Waals surface area contributed by atoms with Crippen molar-refractivity contribution in [3.63, 3.8) is 0 Å². The van der Waals surface area contributed by atoms with Crippen LogP contribution in [0.5, 0.6) is 0 Å². The Bertz CT molecular complexity index is 37.5. The van der Waals surface area contributed by atoms with Gasteiger partial charge in [-0.1, -0.05) is 0 Å². The quantitative estimate of drug-likeness (QED) is 0.335. The molecule has 0 aliphatic rings. The van der Waals surface area contributed by atoms with Crippen molar-refractivity contribution in [2.45, 2.75) is 0 Å². The van der Waals surface area contributed by atoms with E-state index < -0.39 is 10.0 Å². The van der Waals surface area contributed by atoms with E-state index in [0.29, 0.717) is 13.2 Å². The molecule has 0 aromatic carbocycles. The Morgan fingerprint density at radius 1 is 1.50 bits per heavy atom. The third kappa shape index (κ3) is 6.31. The molecule has 0 aromatic rings. The van der Waals surface area contributed by atoms with Crippen LogP contribution in [0.4, 0.5) is 0 Å². The highest BCUT2D eigenvalue weighted by atomic mass is 28.3. The van der Waals surface area contributed by atoms with E-state index >= 15 is 0 Å². The van der Waals surface area contributed by atoms with Crippen LogP contribution in [0.2, 0.25) is 0 Å². The van der Waals surface area contributed by atoms with Gasteiger partial charge in [-0.15, -0.1) is 0 Å². The summed E-state index contributed by atoms with van der Waals surface area (Å²) in [5.74, 6) is 0. The average molecular weight is 152 g/mol. The molecule has 3 nitrogen and oxygen atoms in total. The van der Waals surface area contributed by atoms with E-state index in [1.807, 2.05) is 0 Å². The SMILES string of the molecule is COCCO[SiH2]O[SiH3]. The summed E-state index contributed by atoms with van der Waals surface area (Å²) in [6.07, 6.45) is 0. The minimum atomic E-state index is -0.617. The minimum absolute atomic E-state index is 0.617. The van der Waals surface area contributed by atoms with Crippen molar-refractivity contribution in [2.24, 2.45) is 0 Å². The molecule has 50 valence electrons. The maximum atomic E-state index is 5.05. The second-order valence-electron chi connectivity index (χ2n) is 1.31. The molecule has 0 unspecified atom stereocenters. The number of rotatable bonds is 5. The first-order chi connectivity index (χ1) is 3.91. The molecule has 0 aliphatic carbocycles. The highest BCUT2D eigenvalue weighted by Crippen LogP contribution is 1.71. The zero-order chi connectivity index (χ0) is 6.24. The Morgan fingerprint density at radius 2 is 2.25 bits per heavy atom. The maximum absolute atomic E-state index is 5.05. The van der Waals surface area contributed by atoms with Crippen LogP contribution in [-0.2, 0) is 13.3 Å². The molecule has 0 rings (SSSR count). The first-order valence-corrected chi connectivity index (χ1v) is 4.44. The summed E-state index contributed by atoms with van der Waals surface area (Å²) in [7, 11) is 1.85. The van der Waals surface area contributed by atoms with E-state index in [9.17, 15) is 0 Å². The first-order valence-electron chi connectivity index (χ1n) is 2.47. The molecule has 0 amide bonds. The molecule has 0 saturated heterocycles. The van der Waals surface area contributed by atoms with Gasteiger partial charge in [0, 0.05) is 7.11 Å². The van der Waals surface area contributed by atoms with Gasteiger partial charge in [0.05, 0.1) is 13.2 Å². The number of hydrogen-bond acceptors (Lipinski definition) is 3. The first kappa shape index (κ1) is 8.31. The van der Waals surface area contributed by atoms with Gasteiger partial charge in [0.2, 0.25) is 0 Å². The van der Waals surface area contributed by atoms with Gasteiger partial charge < -0.3 is 13.3 Å². The van der Waals surface area contributed by atoms with Gasteiger partial charge in [-0.3, -0.25) is 0 Å². The molecule has 8 heavy (non-hydrogen) atoms. The van der Waals surface area contributed by atoms with Crippen LogP contribution < -0.4 is 0 Å². The number of ether oxygens (including phenoxy) is 1. The third-order valence-electron chi connectivity index (χ3n) is 0.633. The Hall–Kier alpha value is 0.314. The largest absolute Gasteiger partial charge is 0.449 e. The van der Waals surface area contributed by atoms with Crippen LogP contribution in [0, 0.1) is 0 Å². The molecule has 0 aromatic heterocycles. The standard InChI is InChI=1S/C3H12O3Si2/c1-4-2-3-5-8-6-7/h2-3,8H2,1,7H3. The maximum Gasteiger partial charge on any atom is 0.293 e. The van der Waals surface area contributed by atoms with E-state index in [2.05, 4.69) is 0 Å². The summed E-state index contributed by atoms with van der Waals surface area (Å²) >= 11 is 0. The van der Waals surface area contributed by atoms with E-state index in [1.54, 1.807) is 7.11 Å². The summed E-state index contributed by atoms with van der Waals surface area (Å²) in [5, 5.41) is 0. The van der Waals surface area contributed by atoms with Gasteiger partial charge in [-0.25, -0.2) is 0 Å². The van der Waals surface area contributed by atoms with E-state index in [0.717, 1.165) is 10.5 Å². The monoisotopic (exact) mass is 152 g/mol. The van der Waals surface area contributed by atoms with Crippen LogP contribution in [0.1, 0.15) is 0 Å². The second-order valence-corrected chi connectivity index (χ2v) is 4.26. The van der Waals surface area contributed by atoms with Crippen molar-refractivity contribution in [3.05, 3.63) is 0 Å². The smallest absolute Gasteiger partial charge is 0.293 e. The highest BCUT2D eigenvalue weighted by Gasteiger charge is 1.82. The Labute approximate surface area is 54.9 Å². The van der Waals surface area contributed by atoms with Crippen molar-refractivity contribution >= 4 is 20.5 Å². The molecule has 0 radical (unpaired) electrons. The third-order valence-corrected chi connectivity index (χ3v) is 2.03. The van der Waals surface area contributed by atoms with Gasteiger partial charge in [0.1, 0.15) is 10.5 Å². The van der Waals surface area contributed by atoms with Crippen LogP contribution in [0.15, 0.2) is 0 Å². The topological polar surface area (TPSA) is 27.7 Å². The lowest BCUT2D eigenvalue weighted by Gasteiger charge is -1.99. The Balaban J connectivity index is 2.53. The van der Waals surface area contributed by atoms with Crippen LogP contribution in [0.3, 0.4) is 0 Å². The van der Waals surface area contributed by atoms with Gasteiger partial charge in [0.15, 0.2) is 0 Å². The van der Waals surface area contributed by atoms with Gasteiger partial charge in [-0.05, 0) is 0 Å². The molecule has 0 N–H and O–H groups in total. The summed E-state index contributed by atoms with van der Waals surface area (Å²) in [5.41, 5.74) is 0. The van der Waals surface area contributed by atoms with Crippen LogP contribution in [-0.4, -0.2) is 40.8 Å². The molecule has 0 saturated carbocycles. The van der Waals surface area contributed by atoms with Crippen LogP contribution >= 0.6 is 0 Å². The van der Waals surface area contributed by atoms with Crippen LogP contribution in [0.25, 0.3) is 0 Å². The van der Waals surface area contributed by atoms with Crippen molar-refractivity contribution < 1.29 is 13.3 Å². The van der Waals surface area contributed by atoms with Crippen molar-refractivity contribution in [2.75, 3.05) is 20.3 Å². The fourth-order valence-electron chi connectivity index (χ4n) is 0.285. The van der Waals surface area contributed by atoms with Gasteiger partial charge >= 0.3 is 0 Å². The number of methoxy groups -OCH3 is 1. The average Bonchev–Trinajstić information content (AvgIpc) is 1.81. The lowest BCUT2D eigenvalue weighted by atomic mass is 10.8. The van der Waals surface area contributed by atoms with Crippen molar-refractivity contribution in [1.29, 1.82) is 0 Å². The lowest BCUT2D eigenvalue weighted by Crippen LogP contribution is -2.07. The molecule has 0 atom stereocenters. The molecular formula is C3H12O3Si2. The van der Waals surface area contributed by atoms with E-state index in [1.165, 1.54) is 0 Å². The lowest BCUT2D eigenvalue weighted by molar-refractivity contribution is 0.142. The summed E-state index contributed by atoms with van der Waals surface area (Å²) in [6.45, 7) is 1.36. The normalized spacial score (nSPS) is 11.6. The molecule has 5 heteroatoms. The van der Waals surface area contributed by atoms with E-state index in [4.69, 9.17) is 13.3 Å². The molecular weight excluding hydrogens is 140 g/mol. The molecule has 0 aliphatic heterocycles. The fourth-order valence-corrected chi connectivity index (χ4v) is 1.19. The van der Waals surface area contributed by atoms with Crippen molar-refractivity contribution in [3.8, 4) is 0 Å². The molecule has 0 bridgehead atoms. The number of hydrogen-bond donors (Lipinski definition) is 0. The second kappa shape index (κ2) is 7.31. The summed E-state index contributed by atoms with van der Waals surface area (Å²) in [6, 6.07) is 0. The fraction of sp³-hybridized carbons (Fsp3) is 1.00. The molecule has 0 fully saturated rings. The van der Waals surface area contributed by atoms with E-state index in [-0.39, 0.29) is 0 Å².